The second kappa shape index (κ2) is 7.88. The number of halogens is 1. The first-order chi connectivity index (χ1) is 11.4. The maximum absolute atomic E-state index is 14.2. The first-order valence-electron chi connectivity index (χ1n) is 7.71. The van der Waals surface area contributed by atoms with Crippen molar-refractivity contribution in [3.05, 3.63) is 65.5 Å². The normalized spacial score (nSPS) is 11.7. The summed E-state index contributed by atoms with van der Waals surface area (Å²) < 4.78 is 18.9. The van der Waals surface area contributed by atoms with Crippen LogP contribution in [0.5, 0.6) is 0 Å². The predicted octanol–water partition coefficient (Wildman–Crippen LogP) is 4.13. The highest BCUT2D eigenvalue weighted by atomic mass is 19.1. The standard InChI is InChI=1S/C20H22FNO2/c1-14(11-20(23)24-4)17-9-10-19(21)18(12-17)16-7-5-15(6-8-16)13-22(2)3/h5-12H,13H2,1-4H3/b14-11+. The quantitative estimate of drug-likeness (QED) is 0.611. The molecule has 2 aromatic rings. The summed E-state index contributed by atoms with van der Waals surface area (Å²) in [5.74, 6) is -0.712. The molecule has 3 nitrogen and oxygen atoms in total. The third kappa shape index (κ3) is 4.52. The average molecular weight is 327 g/mol. The van der Waals surface area contributed by atoms with Crippen LogP contribution in [0.3, 0.4) is 0 Å². The van der Waals surface area contributed by atoms with Gasteiger partial charge in [0, 0.05) is 18.2 Å². The Morgan fingerprint density at radius 2 is 1.83 bits per heavy atom. The van der Waals surface area contributed by atoms with Crippen molar-refractivity contribution in [3.63, 3.8) is 0 Å². The predicted molar refractivity (Wildman–Crippen MR) is 94.9 cm³/mol. The van der Waals surface area contributed by atoms with Crippen molar-refractivity contribution in [2.45, 2.75) is 13.5 Å². The fraction of sp³-hybridized carbons (Fsp3) is 0.250. The van der Waals surface area contributed by atoms with Gasteiger partial charge in [0.05, 0.1) is 7.11 Å². The zero-order chi connectivity index (χ0) is 17.7. The van der Waals surface area contributed by atoms with Crippen molar-refractivity contribution in [2.24, 2.45) is 0 Å². The molecule has 4 heteroatoms. The molecular weight excluding hydrogens is 305 g/mol. The van der Waals surface area contributed by atoms with Gasteiger partial charge in [0.15, 0.2) is 0 Å². The molecule has 0 N–H and O–H groups in total. The number of allylic oxidation sites excluding steroid dienone is 1. The summed E-state index contributed by atoms with van der Waals surface area (Å²) in [5, 5.41) is 0. The van der Waals surface area contributed by atoms with Crippen molar-refractivity contribution in [1.29, 1.82) is 0 Å². The van der Waals surface area contributed by atoms with Crippen molar-refractivity contribution >= 4 is 11.5 Å². The molecular formula is C20H22FNO2. The third-order valence-corrected chi connectivity index (χ3v) is 3.72. The lowest BCUT2D eigenvalue weighted by molar-refractivity contribution is -0.134. The maximum Gasteiger partial charge on any atom is 0.330 e. The molecule has 126 valence electrons. The van der Waals surface area contributed by atoms with E-state index in [1.54, 1.807) is 19.1 Å². The second-order valence-corrected chi connectivity index (χ2v) is 5.98. The Hall–Kier alpha value is -2.46. The van der Waals surface area contributed by atoms with Crippen LogP contribution in [0.15, 0.2) is 48.5 Å². The summed E-state index contributed by atoms with van der Waals surface area (Å²) in [6.07, 6.45) is 1.40. The molecule has 0 aliphatic rings. The largest absolute Gasteiger partial charge is 0.466 e. The molecule has 24 heavy (non-hydrogen) atoms. The Labute approximate surface area is 142 Å². The number of ether oxygens (including phenoxy) is 1. The number of methoxy groups -OCH3 is 1. The number of benzene rings is 2. The van der Waals surface area contributed by atoms with Crippen LogP contribution in [-0.2, 0) is 16.1 Å². The Morgan fingerprint density at radius 3 is 2.42 bits per heavy atom. The molecule has 2 rings (SSSR count). The fourth-order valence-electron chi connectivity index (χ4n) is 2.47. The third-order valence-electron chi connectivity index (χ3n) is 3.72. The van der Waals surface area contributed by atoms with Crippen molar-refractivity contribution in [2.75, 3.05) is 21.2 Å². The Balaban J connectivity index is 2.35. The fourth-order valence-corrected chi connectivity index (χ4v) is 2.47. The highest BCUT2D eigenvalue weighted by Crippen LogP contribution is 2.27. The molecule has 0 aliphatic carbocycles. The van der Waals surface area contributed by atoms with Gasteiger partial charge >= 0.3 is 5.97 Å². The molecule has 0 saturated carbocycles. The molecule has 0 bridgehead atoms. The SMILES string of the molecule is COC(=O)/C=C(\C)c1ccc(F)c(-c2ccc(CN(C)C)cc2)c1. The van der Waals surface area contributed by atoms with Crippen molar-refractivity contribution in [3.8, 4) is 11.1 Å². The van der Waals surface area contributed by atoms with Crippen LogP contribution in [0.1, 0.15) is 18.1 Å². The van der Waals surface area contributed by atoms with Gasteiger partial charge in [-0.25, -0.2) is 9.18 Å². The summed E-state index contributed by atoms with van der Waals surface area (Å²) in [6, 6.07) is 12.7. The Morgan fingerprint density at radius 1 is 1.17 bits per heavy atom. The van der Waals surface area contributed by atoms with Crippen LogP contribution in [0.4, 0.5) is 4.39 Å². The molecule has 2 aromatic carbocycles. The molecule has 0 heterocycles. The van der Waals surface area contributed by atoms with E-state index in [1.165, 1.54) is 24.8 Å². The van der Waals surface area contributed by atoms with Crippen LogP contribution in [0.25, 0.3) is 16.7 Å². The highest BCUT2D eigenvalue weighted by molar-refractivity contribution is 5.91. The van der Waals surface area contributed by atoms with Gasteiger partial charge in [-0.3, -0.25) is 0 Å². The van der Waals surface area contributed by atoms with E-state index >= 15 is 0 Å². The van der Waals surface area contributed by atoms with E-state index in [0.29, 0.717) is 5.56 Å². The molecule has 0 fully saturated rings. The second-order valence-electron chi connectivity index (χ2n) is 5.98. The number of carbonyl (C=O) groups is 1. The van der Waals surface area contributed by atoms with Gasteiger partial charge in [0.25, 0.3) is 0 Å². The van der Waals surface area contributed by atoms with Gasteiger partial charge in [-0.15, -0.1) is 0 Å². The lowest BCUT2D eigenvalue weighted by Gasteiger charge is -2.11. The molecule has 0 unspecified atom stereocenters. The van der Waals surface area contributed by atoms with Crippen LogP contribution < -0.4 is 0 Å². The lowest BCUT2D eigenvalue weighted by atomic mass is 9.98. The summed E-state index contributed by atoms with van der Waals surface area (Å²) in [6.45, 7) is 2.64. The van der Waals surface area contributed by atoms with Gasteiger partial charge in [0.1, 0.15) is 5.82 Å². The molecule has 0 aromatic heterocycles. The van der Waals surface area contributed by atoms with E-state index in [9.17, 15) is 9.18 Å². The topological polar surface area (TPSA) is 29.5 Å². The molecule has 0 spiro atoms. The lowest BCUT2D eigenvalue weighted by Crippen LogP contribution is -2.10. The van der Waals surface area contributed by atoms with E-state index in [1.807, 2.05) is 38.4 Å². The minimum Gasteiger partial charge on any atom is -0.466 e. The van der Waals surface area contributed by atoms with Gasteiger partial charge in [-0.1, -0.05) is 30.3 Å². The van der Waals surface area contributed by atoms with Crippen LogP contribution in [0, 0.1) is 5.82 Å². The monoisotopic (exact) mass is 327 g/mol. The maximum atomic E-state index is 14.2. The minimum atomic E-state index is -0.425. The number of carbonyl (C=O) groups excluding carboxylic acids is 1. The van der Waals surface area contributed by atoms with E-state index in [-0.39, 0.29) is 5.82 Å². The summed E-state index contributed by atoms with van der Waals surface area (Å²) in [5.41, 5.74) is 4.01. The zero-order valence-corrected chi connectivity index (χ0v) is 14.5. The number of hydrogen-bond donors (Lipinski definition) is 0. The minimum absolute atomic E-state index is 0.287. The van der Waals surface area contributed by atoms with Gasteiger partial charge in [0.2, 0.25) is 0 Å². The van der Waals surface area contributed by atoms with Crippen LogP contribution >= 0.6 is 0 Å². The van der Waals surface area contributed by atoms with Gasteiger partial charge in [-0.2, -0.15) is 0 Å². The molecule has 0 atom stereocenters. The van der Waals surface area contributed by atoms with E-state index in [4.69, 9.17) is 0 Å². The summed E-state index contributed by atoms with van der Waals surface area (Å²) in [4.78, 5) is 13.4. The molecule has 0 aliphatic heterocycles. The number of nitrogens with zero attached hydrogens (tertiary/aromatic N) is 1. The highest BCUT2D eigenvalue weighted by Gasteiger charge is 2.09. The molecule has 0 amide bonds. The average Bonchev–Trinajstić information content (AvgIpc) is 2.55. The van der Waals surface area contributed by atoms with Crippen LogP contribution in [0.2, 0.25) is 0 Å². The first kappa shape index (κ1) is 17.9. The van der Waals surface area contributed by atoms with E-state index < -0.39 is 5.97 Å². The molecule has 0 radical (unpaired) electrons. The Bertz CT molecular complexity index is 749. The smallest absolute Gasteiger partial charge is 0.330 e. The Kier molecular flexibility index (Phi) is 5.88. The van der Waals surface area contributed by atoms with E-state index in [0.717, 1.165) is 23.2 Å². The van der Waals surface area contributed by atoms with Crippen molar-refractivity contribution < 1.29 is 13.9 Å². The number of rotatable bonds is 5. The number of hydrogen-bond acceptors (Lipinski definition) is 3. The molecule has 0 saturated heterocycles. The summed E-state index contributed by atoms with van der Waals surface area (Å²) in [7, 11) is 5.35. The first-order valence-corrected chi connectivity index (χ1v) is 7.71. The van der Waals surface area contributed by atoms with Crippen LogP contribution in [-0.4, -0.2) is 32.1 Å². The zero-order valence-electron chi connectivity index (χ0n) is 14.5. The van der Waals surface area contributed by atoms with Gasteiger partial charge in [-0.05, 0) is 55.4 Å². The van der Waals surface area contributed by atoms with Gasteiger partial charge < -0.3 is 9.64 Å². The number of esters is 1. The van der Waals surface area contributed by atoms with Crippen molar-refractivity contribution in [1.82, 2.24) is 4.90 Å². The summed E-state index contributed by atoms with van der Waals surface area (Å²) >= 11 is 0. The van der Waals surface area contributed by atoms with E-state index in [2.05, 4.69) is 9.64 Å².